The van der Waals surface area contributed by atoms with Gasteiger partial charge in [0.15, 0.2) is 0 Å². The normalized spacial score (nSPS) is 16.5. The zero-order chi connectivity index (χ0) is 31.6. The number of aromatic nitrogens is 1. The van der Waals surface area contributed by atoms with Crippen molar-refractivity contribution in [1.82, 2.24) is 15.6 Å². The Morgan fingerprint density at radius 3 is 2.19 bits per heavy atom. The van der Waals surface area contributed by atoms with Gasteiger partial charge in [-0.25, -0.2) is 9.98 Å². The smallest absolute Gasteiger partial charge is 0.227 e. The molecule has 0 radical (unpaired) electrons. The molecule has 2 atom stereocenters. The van der Waals surface area contributed by atoms with Crippen molar-refractivity contribution in [2.75, 3.05) is 0 Å². The first-order valence-corrected chi connectivity index (χ1v) is 16.1. The molecule has 2 N–H and O–H groups in total. The number of nitrogens with one attached hydrogen (secondary N) is 2. The molecule has 10 rings (SSSR count). The molecule has 6 aromatic carbocycles. The van der Waals surface area contributed by atoms with Gasteiger partial charge in [0.1, 0.15) is 34.9 Å². The van der Waals surface area contributed by atoms with E-state index in [1.807, 2.05) is 66.7 Å². The average molecular weight is 621 g/mol. The van der Waals surface area contributed by atoms with Crippen LogP contribution in [0.15, 0.2) is 159 Å². The van der Waals surface area contributed by atoms with Crippen molar-refractivity contribution < 1.29 is 8.83 Å². The predicted octanol–water partition coefficient (Wildman–Crippen LogP) is 10.0. The van der Waals surface area contributed by atoms with Crippen LogP contribution in [0.4, 0.5) is 0 Å². The number of nitrogens with zero attached hydrogens (tertiary/aromatic N) is 2. The van der Waals surface area contributed by atoms with Crippen LogP contribution in [0.5, 0.6) is 0 Å². The van der Waals surface area contributed by atoms with Crippen LogP contribution in [-0.2, 0) is 0 Å². The van der Waals surface area contributed by atoms with Gasteiger partial charge in [0.2, 0.25) is 5.71 Å². The molecule has 48 heavy (non-hydrogen) atoms. The molecule has 3 aromatic heterocycles. The van der Waals surface area contributed by atoms with Gasteiger partial charge in [-0.1, -0.05) is 115 Å². The van der Waals surface area contributed by atoms with Crippen LogP contribution in [0.25, 0.3) is 66.0 Å². The standard InChI is InChI=1S/C42H28N4O2/c1-2-12-25(13-3-1)39-44-40(46-41(45-39)31-19-11-22-35-38(31)30-17-7-9-21-34(30)47-35)29-16-6-5-15-27(29)28-18-10-23-36-37(28)32-24-26-14-4-8-20-33(26)43-42(32)48-36/h1-24,40-41,46H,(H,44,45). The minimum atomic E-state index is -0.342. The number of hydrogen-bond acceptors (Lipinski definition) is 6. The summed E-state index contributed by atoms with van der Waals surface area (Å²) in [6, 6.07) is 49.9. The Labute approximate surface area is 275 Å². The molecule has 1 aliphatic rings. The fraction of sp³-hybridized carbons (Fsp3) is 0.0476. The molecule has 0 bridgehead atoms. The summed E-state index contributed by atoms with van der Waals surface area (Å²) in [4.78, 5) is 10.2. The van der Waals surface area contributed by atoms with Crippen LogP contribution in [0.1, 0.15) is 29.0 Å². The van der Waals surface area contributed by atoms with E-state index in [-0.39, 0.29) is 12.3 Å². The monoisotopic (exact) mass is 620 g/mol. The lowest BCUT2D eigenvalue weighted by atomic mass is 9.93. The number of amidine groups is 1. The van der Waals surface area contributed by atoms with Crippen molar-refractivity contribution in [3.05, 3.63) is 162 Å². The lowest BCUT2D eigenvalue weighted by molar-refractivity contribution is 0.411. The van der Waals surface area contributed by atoms with Crippen molar-refractivity contribution >= 4 is 60.7 Å². The molecule has 2 unspecified atom stereocenters. The number of fused-ring (bicyclic) bond motifs is 7. The first-order valence-electron chi connectivity index (χ1n) is 16.1. The van der Waals surface area contributed by atoms with E-state index in [1.54, 1.807) is 0 Å². The van der Waals surface area contributed by atoms with Crippen molar-refractivity contribution in [3.63, 3.8) is 0 Å². The summed E-state index contributed by atoms with van der Waals surface area (Å²) in [5.74, 6) is 0.826. The maximum absolute atomic E-state index is 6.36. The first kappa shape index (κ1) is 26.9. The molecule has 6 nitrogen and oxygen atoms in total. The topological polar surface area (TPSA) is 75.6 Å². The van der Waals surface area contributed by atoms with Crippen LogP contribution >= 0.6 is 0 Å². The summed E-state index contributed by atoms with van der Waals surface area (Å²) in [6.45, 7) is 0. The highest BCUT2D eigenvalue weighted by Crippen LogP contribution is 2.41. The van der Waals surface area contributed by atoms with E-state index >= 15 is 0 Å². The molecule has 0 amide bonds. The minimum absolute atomic E-state index is 0.264. The number of benzene rings is 6. The minimum Gasteiger partial charge on any atom is -0.456 e. The Morgan fingerprint density at radius 1 is 0.542 bits per heavy atom. The molecule has 6 heteroatoms. The third-order valence-corrected chi connectivity index (χ3v) is 9.39. The number of pyridine rings is 1. The highest BCUT2D eigenvalue weighted by atomic mass is 16.3. The van der Waals surface area contributed by atoms with Crippen molar-refractivity contribution in [3.8, 4) is 11.1 Å². The highest BCUT2D eigenvalue weighted by Gasteiger charge is 2.29. The second-order valence-electron chi connectivity index (χ2n) is 12.2. The van der Waals surface area contributed by atoms with Gasteiger partial charge < -0.3 is 14.2 Å². The Balaban J connectivity index is 1.16. The van der Waals surface area contributed by atoms with Crippen LogP contribution in [0.3, 0.4) is 0 Å². The summed E-state index contributed by atoms with van der Waals surface area (Å²) in [6.07, 6.45) is -0.606. The predicted molar refractivity (Wildman–Crippen MR) is 193 cm³/mol. The fourth-order valence-electron chi connectivity index (χ4n) is 7.22. The number of hydrogen-bond donors (Lipinski definition) is 2. The Morgan fingerprint density at radius 2 is 1.25 bits per heavy atom. The average Bonchev–Trinajstić information content (AvgIpc) is 3.72. The second kappa shape index (κ2) is 10.7. The summed E-state index contributed by atoms with van der Waals surface area (Å²) < 4.78 is 12.6. The van der Waals surface area contributed by atoms with Crippen LogP contribution in [0.2, 0.25) is 0 Å². The summed E-state index contributed by atoms with van der Waals surface area (Å²) in [5.41, 5.74) is 9.47. The maximum Gasteiger partial charge on any atom is 0.227 e. The zero-order valence-corrected chi connectivity index (χ0v) is 25.7. The molecular weight excluding hydrogens is 592 g/mol. The van der Waals surface area contributed by atoms with Gasteiger partial charge in [-0.15, -0.1) is 0 Å². The molecule has 0 saturated heterocycles. The van der Waals surface area contributed by atoms with Crippen LogP contribution < -0.4 is 10.6 Å². The van der Waals surface area contributed by atoms with Gasteiger partial charge in [0.05, 0.1) is 5.52 Å². The van der Waals surface area contributed by atoms with E-state index in [0.29, 0.717) is 5.71 Å². The number of para-hydroxylation sites is 2. The van der Waals surface area contributed by atoms with Crippen molar-refractivity contribution in [2.24, 2.45) is 4.99 Å². The van der Waals surface area contributed by atoms with Gasteiger partial charge in [-0.3, -0.25) is 5.32 Å². The van der Waals surface area contributed by atoms with E-state index < -0.39 is 0 Å². The molecule has 9 aromatic rings. The lowest BCUT2D eigenvalue weighted by Crippen LogP contribution is -2.45. The molecular formula is C42H28N4O2. The molecule has 4 heterocycles. The highest BCUT2D eigenvalue weighted by molar-refractivity contribution is 6.14. The van der Waals surface area contributed by atoms with Gasteiger partial charge in [-0.2, -0.15) is 0 Å². The largest absolute Gasteiger partial charge is 0.456 e. The van der Waals surface area contributed by atoms with Gasteiger partial charge in [-0.05, 0) is 47.0 Å². The Kier molecular flexibility index (Phi) is 5.98. The van der Waals surface area contributed by atoms with E-state index in [4.69, 9.17) is 18.8 Å². The summed E-state index contributed by atoms with van der Waals surface area (Å²) in [7, 11) is 0. The fourth-order valence-corrected chi connectivity index (χ4v) is 7.22. The Hall–Kier alpha value is -6.24. The van der Waals surface area contributed by atoms with Gasteiger partial charge in [0, 0.05) is 38.1 Å². The van der Waals surface area contributed by atoms with Gasteiger partial charge >= 0.3 is 0 Å². The summed E-state index contributed by atoms with van der Waals surface area (Å²) >= 11 is 0. The number of aliphatic imine (C=N–C) groups is 1. The molecule has 0 saturated carbocycles. The molecule has 0 spiro atoms. The zero-order valence-electron chi connectivity index (χ0n) is 25.7. The maximum atomic E-state index is 6.36. The SMILES string of the molecule is c1ccc(C2=NC(c3cccc4oc5ccccc5c34)NC(c3ccccc3-c3cccc4oc5nc6ccccc6cc5c34)N2)cc1. The van der Waals surface area contributed by atoms with Crippen molar-refractivity contribution in [2.45, 2.75) is 12.3 Å². The third-order valence-electron chi connectivity index (χ3n) is 9.39. The molecule has 1 aliphatic heterocycles. The Bertz CT molecular complexity index is 2710. The van der Waals surface area contributed by atoms with Crippen molar-refractivity contribution in [1.29, 1.82) is 0 Å². The molecule has 0 aliphatic carbocycles. The third kappa shape index (κ3) is 4.24. The van der Waals surface area contributed by atoms with E-state index in [0.717, 1.165) is 82.8 Å². The second-order valence-corrected chi connectivity index (χ2v) is 12.2. The summed E-state index contributed by atoms with van der Waals surface area (Å²) in [5, 5.41) is 12.9. The van der Waals surface area contributed by atoms with E-state index in [1.165, 1.54) is 0 Å². The molecule has 228 valence electrons. The first-order chi connectivity index (χ1) is 23.8. The number of furan rings is 2. The number of rotatable bonds is 4. The molecule has 0 fully saturated rings. The van der Waals surface area contributed by atoms with E-state index in [2.05, 4.69) is 89.5 Å². The lowest BCUT2D eigenvalue weighted by Gasteiger charge is -2.33. The van der Waals surface area contributed by atoms with Gasteiger partial charge in [0.25, 0.3) is 0 Å². The van der Waals surface area contributed by atoms with Crippen LogP contribution in [0, 0.1) is 0 Å². The van der Waals surface area contributed by atoms with E-state index in [9.17, 15) is 0 Å². The quantitative estimate of drug-likeness (QED) is 0.205. The van der Waals surface area contributed by atoms with Crippen LogP contribution in [-0.4, -0.2) is 10.8 Å².